The van der Waals surface area contributed by atoms with Crippen LogP contribution in [0, 0.1) is 12.7 Å². The summed E-state index contributed by atoms with van der Waals surface area (Å²) in [6.45, 7) is 4.16. The number of nitrogens with zero attached hydrogens (tertiary/aromatic N) is 1. The van der Waals surface area contributed by atoms with E-state index >= 15 is 0 Å². The van der Waals surface area contributed by atoms with Gasteiger partial charge in [0.05, 0.1) is 6.04 Å². The highest BCUT2D eigenvalue weighted by Gasteiger charge is 2.24. The summed E-state index contributed by atoms with van der Waals surface area (Å²) in [5, 5.41) is 6.31. The van der Waals surface area contributed by atoms with Crippen LogP contribution in [-0.4, -0.2) is 23.9 Å². The summed E-state index contributed by atoms with van der Waals surface area (Å²) >= 11 is 0. The molecule has 0 spiro atoms. The lowest BCUT2D eigenvalue weighted by Gasteiger charge is -2.14. The number of amides is 3. The van der Waals surface area contributed by atoms with E-state index in [9.17, 15) is 14.0 Å². The predicted octanol–water partition coefficient (Wildman–Crippen LogP) is 4.35. The monoisotopic (exact) mass is 381 g/mol. The molecule has 0 saturated carbocycles. The number of carbonyl (C=O) groups excluding carboxylic acids is 2. The summed E-state index contributed by atoms with van der Waals surface area (Å²) in [6.07, 6.45) is 0. The van der Waals surface area contributed by atoms with E-state index in [1.54, 1.807) is 43.1 Å². The average molecular weight is 381 g/mol. The molecule has 0 aliphatic carbocycles. The third kappa shape index (κ3) is 3.09. The topological polar surface area (TPSA) is 74.6 Å². The van der Waals surface area contributed by atoms with Gasteiger partial charge >= 0.3 is 6.03 Å². The largest absolute Gasteiger partial charge is 0.459 e. The number of rotatable bonds is 3. The van der Waals surface area contributed by atoms with Crippen molar-refractivity contribution in [1.29, 1.82) is 0 Å². The Labute approximate surface area is 161 Å². The smallest absolute Gasteiger partial charge is 0.319 e. The molecule has 2 N–H and O–H groups in total. The molecule has 0 radical (unpaired) electrons. The van der Waals surface area contributed by atoms with Crippen molar-refractivity contribution in [3.63, 3.8) is 0 Å². The van der Waals surface area contributed by atoms with Crippen molar-refractivity contribution in [1.82, 2.24) is 10.2 Å². The first-order valence-electron chi connectivity index (χ1n) is 8.98. The highest BCUT2D eigenvalue weighted by Crippen LogP contribution is 2.30. The fourth-order valence-corrected chi connectivity index (χ4v) is 3.60. The minimum absolute atomic E-state index is 0.0172. The average Bonchev–Trinajstić information content (AvgIpc) is 3.11. The molecule has 1 atom stereocenters. The van der Waals surface area contributed by atoms with E-state index in [4.69, 9.17) is 4.42 Å². The van der Waals surface area contributed by atoms with Gasteiger partial charge in [-0.15, -0.1) is 0 Å². The zero-order valence-corrected chi connectivity index (χ0v) is 15.8. The number of anilines is 1. The van der Waals surface area contributed by atoms with Gasteiger partial charge in [-0.2, -0.15) is 0 Å². The van der Waals surface area contributed by atoms with Crippen LogP contribution in [0.1, 0.15) is 40.2 Å². The van der Waals surface area contributed by atoms with Crippen LogP contribution in [0.25, 0.3) is 11.0 Å². The Kier molecular flexibility index (Phi) is 4.30. The lowest BCUT2D eigenvalue weighted by atomic mass is 10.1. The highest BCUT2D eigenvalue weighted by atomic mass is 19.1. The molecule has 2 heterocycles. The summed E-state index contributed by atoms with van der Waals surface area (Å²) in [7, 11) is 1.74. The van der Waals surface area contributed by atoms with Crippen LogP contribution in [-0.2, 0) is 6.54 Å². The van der Waals surface area contributed by atoms with E-state index in [2.05, 4.69) is 10.6 Å². The predicted molar refractivity (Wildman–Crippen MR) is 104 cm³/mol. The van der Waals surface area contributed by atoms with Crippen molar-refractivity contribution in [3.05, 3.63) is 64.7 Å². The zero-order valence-electron chi connectivity index (χ0n) is 15.8. The van der Waals surface area contributed by atoms with E-state index in [1.807, 2.05) is 6.92 Å². The highest BCUT2D eigenvalue weighted by molar-refractivity contribution is 5.99. The van der Waals surface area contributed by atoms with Gasteiger partial charge in [-0.05, 0) is 55.8 Å². The molecule has 3 aromatic rings. The number of halogens is 1. The maximum absolute atomic E-state index is 13.5. The van der Waals surface area contributed by atoms with Crippen molar-refractivity contribution in [2.75, 3.05) is 12.4 Å². The van der Waals surface area contributed by atoms with Gasteiger partial charge < -0.3 is 20.0 Å². The van der Waals surface area contributed by atoms with Crippen LogP contribution < -0.4 is 10.6 Å². The Morgan fingerprint density at radius 2 is 2.04 bits per heavy atom. The van der Waals surface area contributed by atoms with Gasteiger partial charge in [-0.3, -0.25) is 4.79 Å². The van der Waals surface area contributed by atoms with Gasteiger partial charge in [0.25, 0.3) is 5.91 Å². The molecule has 0 saturated heterocycles. The summed E-state index contributed by atoms with van der Waals surface area (Å²) in [4.78, 5) is 26.0. The molecule has 0 unspecified atom stereocenters. The number of nitrogens with one attached hydrogen (secondary N) is 2. The van der Waals surface area contributed by atoms with Gasteiger partial charge in [0, 0.05) is 35.8 Å². The number of hydrogen-bond donors (Lipinski definition) is 2. The van der Waals surface area contributed by atoms with Gasteiger partial charge in [0.1, 0.15) is 17.2 Å². The third-order valence-electron chi connectivity index (χ3n) is 5.02. The van der Waals surface area contributed by atoms with E-state index in [0.717, 1.165) is 11.1 Å². The Balaban J connectivity index is 1.48. The lowest BCUT2D eigenvalue weighted by Crippen LogP contribution is -2.31. The fraction of sp³-hybridized carbons (Fsp3) is 0.238. The second-order valence-corrected chi connectivity index (χ2v) is 7.09. The first-order chi connectivity index (χ1) is 13.3. The summed E-state index contributed by atoms with van der Waals surface area (Å²) < 4.78 is 19.3. The molecule has 1 aliphatic rings. The number of furan rings is 1. The molecular formula is C21H20FN3O3. The quantitative estimate of drug-likeness (QED) is 0.708. The van der Waals surface area contributed by atoms with Crippen molar-refractivity contribution in [3.8, 4) is 0 Å². The first kappa shape index (κ1) is 18.0. The van der Waals surface area contributed by atoms with Crippen LogP contribution in [0.15, 0.2) is 40.8 Å². The summed E-state index contributed by atoms with van der Waals surface area (Å²) in [6, 6.07) is 8.78. The standard InChI is InChI=1S/C21H20FN3O3/c1-11-17-9-14(22)4-7-18(17)28-19(11)12(2)23-21(27)24-15-5-6-16-13(8-15)10-25(3)20(16)26/h4-9,12H,10H2,1-3H3,(H2,23,24,27)/t12-/m1/s1. The van der Waals surface area contributed by atoms with Crippen molar-refractivity contribution >= 4 is 28.6 Å². The second-order valence-electron chi connectivity index (χ2n) is 7.09. The molecule has 7 heteroatoms. The summed E-state index contributed by atoms with van der Waals surface area (Å²) in [5.74, 6) is 0.232. The SMILES string of the molecule is Cc1c([C@@H](C)NC(=O)Nc2ccc3c(c2)CN(C)C3=O)oc2ccc(F)cc12. The maximum Gasteiger partial charge on any atom is 0.319 e. The van der Waals surface area contributed by atoms with Crippen LogP contribution in [0.2, 0.25) is 0 Å². The number of hydrogen-bond acceptors (Lipinski definition) is 3. The zero-order chi connectivity index (χ0) is 20.0. The minimum Gasteiger partial charge on any atom is -0.459 e. The molecule has 0 fully saturated rings. The number of urea groups is 1. The lowest BCUT2D eigenvalue weighted by molar-refractivity contribution is 0.0816. The minimum atomic E-state index is -0.405. The Morgan fingerprint density at radius 1 is 1.25 bits per heavy atom. The van der Waals surface area contributed by atoms with Gasteiger partial charge in [0.15, 0.2) is 0 Å². The maximum atomic E-state index is 13.5. The molecule has 28 heavy (non-hydrogen) atoms. The molecule has 4 rings (SSSR count). The molecule has 6 nitrogen and oxygen atoms in total. The van der Waals surface area contributed by atoms with E-state index in [-0.39, 0.29) is 11.7 Å². The van der Waals surface area contributed by atoms with Crippen molar-refractivity contribution in [2.45, 2.75) is 26.4 Å². The molecule has 1 aliphatic heterocycles. The van der Waals surface area contributed by atoms with E-state index in [0.29, 0.717) is 34.5 Å². The number of aryl methyl sites for hydroxylation is 1. The van der Waals surface area contributed by atoms with E-state index in [1.165, 1.54) is 12.1 Å². The number of benzene rings is 2. The first-order valence-corrected chi connectivity index (χ1v) is 8.98. The van der Waals surface area contributed by atoms with Crippen LogP contribution in [0.4, 0.5) is 14.9 Å². The van der Waals surface area contributed by atoms with Gasteiger partial charge in [-0.25, -0.2) is 9.18 Å². The molecule has 2 aromatic carbocycles. The Hall–Kier alpha value is -3.35. The van der Waals surface area contributed by atoms with Gasteiger partial charge in [0.2, 0.25) is 0 Å². The molecule has 0 bridgehead atoms. The fourth-order valence-electron chi connectivity index (χ4n) is 3.60. The van der Waals surface area contributed by atoms with Crippen molar-refractivity contribution < 1.29 is 18.4 Å². The van der Waals surface area contributed by atoms with Crippen LogP contribution in [0.5, 0.6) is 0 Å². The summed E-state index contributed by atoms with van der Waals surface area (Å²) in [5.41, 5.74) is 3.52. The van der Waals surface area contributed by atoms with Crippen LogP contribution in [0.3, 0.4) is 0 Å². The van der Waals surface area contributed by atoms with Crippen molar-refractivity contribution in [2.24, 2.45) is 0 Å². The number of fused-ring (bicyclic) bond motifs is 2. The molecule has 1 aromatic heterocycles. The van der Waals surface area contributed by atoms with Gasteiger partial charge in [-0.1, -0.05) is 0 Å². The van der Waals surface area contributed by atoms with E-state index < -0.39 is 12.1 Å². The second kappa shape index (κ2) is 6.67. The Morgan fingerprint density at radius 3 is 2.82 bits per heavy atom. The normalized spacial score (nSPS) is 14.3. The Bertz CT molecular complexity index is 1110. The number of carbonyl (C=O) groups is 2. The molecular weight excluding hydrogens is 361 g/mol. The molecule has 144 valence electrons. The third-order valence-corrected chi connectivity index (χ3v) is 5.02. The molecule has 3 amide bonds. The van der Waals surface area contributed by atoms with Crippen LogP contribution >= 0.6 is 0 Å².